The summed E-state index contributed by atoms with van der Waals surface area (Å²) in [6, 6.07) is 10.7. The fourth-order valence-corrected chi connectivity index (χ4v) is 5.08. The molecule has 1 aliphatic carbocycles. The molecule has 2 N–H and O–H groups in total. The number of aromatic nitrogens is 1. The van der Waals surface area contributed by atoms with Crippen molar-refractivity contribution in [2.45, 2.75) is 51.4 Å². The molecular weight excluding hydrogens is 480 g/mol. The summed E-state index contributed by atoms with van der Waals surface area (Å²) in [6.45, 7) is 5.09. The van der Waals surface area contributed by atoms with Gasteiger partial charge in [-0.3, -0.25) is 4.79 Å². The Morgan fingerprint density at radius 1 is 0.972 bits per heavy atom. The van der Waals surface area contributed by atoms with E-state index in [-0.39, 0.29) is 31.8 Å². The zero-order chi connectivity index (χ0) is 25.8. The normalized spacial score (nSPS) is 20.3. The number of hydrogen-bond donors (Lipinski definition) is 2. The SMILES string of the molecule is CN1CCC2(CC1)CC2.CSNc1ccc(C(=O)Nc2cc(C)cc(N3CCC(F)(F)CC3)n2)cc1. The monoisotopic (exact) mass is 517 g/mol. The van der Waals surface area contributed by atoms with E-state index in [1.165, 1.54) is 50.7 Å². The largest absolute Gasteiger partial charge is 0.356 e. The third-order valence-electron chi connectivity index (χ3n) is 7.39. The van der Waals surface area contributed by atoms with Crippen LogP contribution in [0.15, 0.2) is 36.4 Å². The molecule has 1 aromatic heterocycles. The molecule has 0 bridgehead atoms. The zero-order valence-electron chi connectivity index (χ0n) is 21.4. The highest BCUT2D eigenvalue weighted by Gasteiger charge is 2.43. The van der Waals surface area contributed by atoms with Crippen molar-refractivity contribution in [1.29, 1.82) is 0 Å². The van der Waals surface area contributed by atoms with Gasteiger partial charge in [-0.25, -0.2) is 13.8 Å². The molecule has 3 heterocycles. The molecule has 2 aliphatic heterocycles. The summed E-state index contributed by atoms with van der Waals surface area (Å²) in [4.78, 5) is 21.2. The second-order valence-corrected chi connectivity index (χ2v) is 11.0. The maximum absolute atomic E-state index is 13.4. The number of aryl methyl sites for hydroxylation is 1. The van der Waals surface area contributed by atoms with Gasteiger partial charge in [-0.2, -0.15) is 0 Å². The molecule has 0 radical (unpaired) electrons. The van der Waals surface area contributed by atoms with Crippen molar-refractivity contribution < 1.29 is 13.6 Å². The van der Waals surface area contributed by atoms with E-state index in [1.54, 1.807) is 18.2 Å². The van der Waals surface area contributed by atoms with Crippen molar-refractivity contribution in [1.82, 2.24) is 9.88 Å². The first kappa shape index (κ1) is 26.7. The van der Waals surface area contributed by atoms with Crippen LogP contribution in [0.3, 0.4) is 0 Å². The van der Waals surface area contributed by atoms with E-state index in [0.29, 0.717) is 17.2 Å². The molecule has 0 atom stereocenters. The summed E-state index contributed by atoms with van der Waals surface area (Å²) in [7, 11) is 2.23. The summed E-state index contributed by atoms with van der Waals surface area (Å²) >= 11 is 1.48. The van der Waals surface area contributed by atoms with Crippen molar-refractivity contribution >= 4 is 35.2 Å². The van der Waals surface area contributed by atoms with Gasteiger partial charge >= 0.3 is 0 Å². The summed E-state index contributed by atoms with van der Waals surface area (Å²) in [6.07, 6.45) is 7.57. The highest BCUT2D eigenvalue weighted by atomic mass is 32.2. The van der Waals surface area contributed by atoms with Gasteiger partial charge in [0.1, 0.15) is 11.6 Å². The van der Waals surface area contributed by atoms with Gasteiger partial charge in [0.15, 0.2) is 0 Å². The Morgan fingerprint density at radius 2 is 1.61 bits per heavy atom. The van der Waals surface area contributed by atoms with Crippen molar-refractivity contribution in [3.63, 3.8) is 0 Å². The number of nitrogens with one attached hydrogen (secondary N) is 2. The van der Waals surface area contributed by atoms with E-state index in [9.17, 15) is 13.6 Å². The van der Waals surface area contributed by atoms with E-state index >= 15 is 0 Å². The molecule has 36 heavy (non-hydrogen) atoms. The lowest BCUT2D eigenvalue weighted by atomic mass is 9.94. The van der Waals surface area contributed by atoms with Crippen molar-refractivity contribution in [2.75, 3.05) is 54.4 Å². The number of halogens is 2. The lowest BCUT2D eigenvalue weighted by Crippen LogP contribution is -2.39. The van der Waals surface area contributed by atoms with Gasteiger partial charge in [0.25, 0.3) is 11.8 Å². The van der Waals surface area contributed by atoms with Crippen LogP contribution in [-0.2, 0) is 0 Å². The molecule has 5 rings (SSSR count). The lowest BCUT2D eigenvalue weighted by molar-refractivity contribution is -0.0221. The van der Waals surface area contributed by atoms with E-state index in [0.717, 1.165) is 16.7 Å². The molecule has 1 saturated carbocycles. The number of carbonyl (C=O) groups excluding carboxylic acids is 1. The number of nitrogens with zero attached hydrogens (tertiary/aromatic N) is 3. The van der Waals surface area contributed by atoms with Gasteiger partial charge in [-0.15, -0.1) is 0 Å². The van der Waals surface area contributed by atoms with Gasteiger partial charge < -0.3 is 19.8 Å². The van der Waals surface area contributed by atoms with Crippen LogP contribution in [0.4, 0.5) is 26.1 Å². The highest BCUT2D eigenvalue weighted by molar-refractivity contribution is 7.99. The van der Waals surface area contributed by atoms with Gasteiger partial charge in [0.05, 0.1) is 0 Å². The minimum atomic E-state index is -2.60. The molecule has 1 amide bonds. The predicted octanol–water partition coefficient (Wildman–Crippen LogP) is 6.06. The van der Waals surface area contributed by atoms with Gasteiger partial charge in [-0.1, -0.05) is 11.9 Å². The van der Waals surface area contributed by atoms with E-state index in [1.807, 2.05) is 36.3 Å². The number of anilines is 3. The quantitative estimate of drug-likeness (QED) is 0.470. The van der Waals surface area contributed by atoms with Crippen LogP contribution in [0.2, 0.25) is 0 Å². The molecule has 0 unspecified atom stereocenters. The average molecular weight is 518 g/mol. The Balaban J connectivity index is 0.000000280. The van der Waals surface area contributed by atoms with Gasteiger partial charge in [-0.05, 0) is 100 Å². The standard InChI is InChI=1S/C19H22F2N4OS.C8H15N/c1-13-11-16(22-17(12-13)25-9-7-19(20,21)8-10-25)23-18(26)14-3-5-15(6-4-14)24-27-2;1-9-6-4-8(2-3-8)5-7-9/h3-6,11-12,24H,7-10H2,1-2H3,(H,22,23,26);2-7H2,1H3. The maximum atomic E-state index is 13.4. The fourth-order valence-electron chi connectivity index (χ4n) is 4.70. The van der Waals surface area contributed by atoms with E-state index in [4.69, 9.17) is 0 Å². The molecule has 3 fully saturated rings. The number of alkyl halides is 2. The Bertz CT molecular complexity index is 1020. The minimum Gasteiger partial charge on any atom is -0.356 e. The number of likely N-dealkylation sites (tertiary alicyclic amines) is 1. The molecule has 2 aromatic rings. The number of benzene rings is 1. The van der Waals surface area contributed by atoms with Crippen LogP contribution in [0.5, 0.6) is 0 Å². The number of carbonyl (C=O) groups is 1. The summed E-state index contributed by atoms with van der Waals surface area (Å²) < 4.78 is 29.9. The van der Waals surface area contributed by atoms with Crippen LogP contribution in [0, 0.1) is 12.3 Å². The second-order valence-electron chi connectivity index (χ2n) is 10.4. The first-order valence-electron chi connectivity index (χ1n) is 12.7. The highest BCUT2D eigenvalue weighted by Crippen LogP contribution is 2.53. The van der Waals surface area contributed by atoms with Crippen LogP contribution in [0.1, 0.15) is 54.4 Å². The Labute approximate surface area is 217 Å². The van der Waals surface area contributed by atoms with Gasteiger partial charge in [0.2, 0.25) is 0 Å². The summed E-state index contributed by atoms with van der Waals surface area (Å²) in [5.41, 5.74) is 3.21. The minimum absolute atomic E-state index is 0.180. The smallest absolute Gasteiger partial charge is 0.256 e. The van der Waals surface area contributed by atoms with Crippen LogP contribution in [-0.4, -0.2) is 61.2 Å². The Morgan fingerprint density at radius 3 is 2.19 bits per heavy atom. The van der Waals surface area contributed by atoms with E-state index in [2.05, 4.69) is 27.0 Å². The number of rotatable bonds is 5. The lowest BCUT2D eigenvalue weighted by Gasteiger charge is -2.32. The topological polar surface area (TPSA) is 60.5 Å². The maximum Gasteiger partial charge on any atom is 0.256 e. The average Bonchev–Trinajstić information content (AvgIpc) is 3.61. The molecule has 9 heteroatoms. The number of piperidine rings is 2. The van der Waals surface area contributed by atoms with Crippen LogP contribution < -0.4 is 14.9 Å². The molecular formula is C27H37F2N5OS. The summed E-state index contributed by atoms with van der Waals surface area (Å²) in [5.74, 6) is -1.84. The molecule has 2 saturated heterocycles. The zero-order valence-corrected chi connectivity index (χ0v) is 22.3. The molecule has 6 nitrogen and oxygen atoms in total. The molecule has 3 aliphatic rings. The second kappa shape index (κ2) is 11.3. The third-order valence-corrected chi connectivity index (χ3v) is 7.83. The number of pyridine rings is 1. The third kappa shape index (κ3) is 7.32. The van der Waals surface area contributed by atoms with Crippen LogP contribution >= 0.6 is 11.9 Å². The number of hydrogen-bond acceptors (Lipinski definition) is 6. The van der Waals surface area contributed by atoms with E-state index < -0.39 is 5.92 Å². The molecule has 1 spiro atoms. The predicted molar refractivity (Wildman–Crippen MR) is 145 cm³/mol. The summed E-state index contributed by atoms with van der Waals surface area (Å²) in [5, 5.41) is 2.80. The van der Waals surface area contributed by atoms with Crippen molar-refractivity contribution in [2.24, 2.45) is 5.41 Å². The van der Waals surface area contributed by atoms with Gasteiger partial charge in [0, 0.05) is 43.4 Å². The van der Waals surface area contributed by atoms with Crippen molar-refractivity contribution in [3.8, 4) is 0 Å². The first-order chi connectivity index (χ1) is 17.2. The Hall–Kier alpha value is -2.39. The Kier molecular flexibility index (Phi) is 8.40. The molecule has 196 valence electrons. The fraction of sp³-hybridized carbons (Fsp3) is 0.556. The first-order valence-corrected chi connectivity index (χ1v) is 13.9. The van der Waals surface area contributed by atoms with Crippen LogP contribution in [0.25, 0.3) is 0 Å². The number of amides is 1. The molecule has 1 aromatic carbocycles. The van der Waals surface area contributed by atoms with Crippen molar-refractivity contribution in [3.05, 3.63) is 47.5 Å².